The van der Waals surface area contributed by atoms with Crippen molar-refractivity contribution in [2.24, 2.45) is 5.92 Å². The molecule has 1 atom stereocenters. The van der Waals surface area contributed by atoms with Gasteiger partial charge in [-0.2, -0.15) is 5.26 Å². The molecule has 29 heavy (non-hydrogen) atoms. The lowest BCUT2D eigenvalue weighted by Crippen LogP contribution is -2.39. The molecule has 0 bridgehead atoms. The fourth-order valence-corrected chi connectivity index (χ4v) is 3.52. The molecule has 8 heteroatoms. The summed E-state index contributed by atoms with van der Waals surface area (Å²) in [6.07, 6.45) is 2.15. The molecule has 1 aromatic heterocycles. The second-order valence-electron chi connectivity index (χ2n) is 8.28. The largest absolute Gasteiger partial charge is 0.444 e. The van der Waals surface area contributed by atoms with Crippen molar-refractivity contribution in [1.82, 2.24) is 14.9 Å². The summed E-state index contributed by atoms with van der Waals surface area (Å²) in [6.45, 7) is 5.72. The Balaban J connectivity index is 2.06. The van der Waals surface area contributed by atoms with E-state index in [1.165, 1.54) is 0 Å². The van der Waals surface area contributed by atoms with Crippen LogP contribution in [0.25, 0.3) is 10.9 Å². The fourth-order valence-electron chi connectivity index (χ4n) is 3.27. The Labute approximate surface area is 174 Å². The number of amides is 1. The number of unbranched alkanes of at least 4 members (excludes halogenated alkanes) is 1. The van der Waals surface area contributed by atoms with Gasteiger partial charge in [0.1, 0.15) is 11.4 Å². The molecule has 1 heterocycles. The lowest BCUT2D eigenvalue weighted by Gasteiger charge is -2.25. The number of carbonyl (C=O) groups is 1. The van der Waals surface area contributed by atoms with Gasteiger partial charge in [-0.25, -0.2) is 9.78 Å². The van der Waals surface area contributed by atoms with Crippen LogP contribution in [-0.2, 0) is 11.3 Å². The molecule has 3 rings (SSSR count). The van der Waals surface area contributed by atoms with Crippen LogP contribution in [0.15, 0.2) is 23.0 Å². The summed E-state index contributed by atoms with van der Waals surface area (Å²) in [5.74, 6) is 0.671. The number of rotatable bonds is 6. The number of fused-ring (bicyclic) bond motifs is 1. The number of carbonyl (C=O) groups excluding carboxylic acids is 1. The SMILES string of the molecule is CC(C)(C)OC(=O)N[C@H](c1nc2cccc(Cl)c2c(=O)n1CCCC#N)C1CC1. The van der Waals surface area contributed by atoms with Crippen molar-refractivity contribution >= 4 is 28.6 Å². The number of hydrogen-bond acceptors (Lipinski definition) is 5. The molecule has 1 aliphatic carbocycles. The Kier molecular flexibility index (Phi) is 6.13. The van der Waals surface area contributed by atoms with Crippen molar-refractivity contribution in [1.29, 1.82) is 5.26 Å². The summed E-state index contributed by atoms with van der Waals surface area (Å²) < 4.78 is 6.96. The van der Waals surface area contributed by atoms with Gasteiger partial charge in [-0.05, 0) is 58.1 Å². The highest BCUT2D eigenvalue weighted by atomic mass is 35.5. The number of nitriles is 1. The number of nitrogens with zero attached hydrogens (tertiary/aromatic N) is 3. The molecule has 1 aromatic carbocycles. The first-order valence-electron chi connectivity index (χ1n) is 9.76. The van der Waals surface area contributed by atoms with Gasteiger partial charge in [0.15, 0.2) is 0 Å². The molecular weight excluding hydrogens is 392 g/mol. The summed E-state index contributed by atoms with van der Waals surface area (Å²) in [7, 11) is 0. The van der Waals surface area contributed by atoms with Crippen LogP contribution in [0.3, 0.4) is 0 Å². The van der Waals surface area contributed by atoms with Gasteiger partial charge in [0.25, 0.3) is 5.56 Å². The second kappa shape index (κ2) is 8.42. The minimum Gasteiger partial charge on any atom is -0.444 e. The van der Waals surface area contributed by atoms with Crippen molar-refractivity contribution in [2.45, 2.75) is 64.6 Å². The first-order valence-corrected chi connectivity index (χ1v) is 10.1. The monoisotopic (exact) mass is 416 g/mol. The molecule has 1 saturated carbocycles. The number of ether oxygens (including phenoxy) is 1. The highest BCUT2D eigenvalue weighted by Gasteiger charge is 2.37. The van der Waals surface area contributed by atoms with Crippen LogP contribution in [0, 0.1) is 17.2 Å². The third-order valence-electron chi connectivity index (χ3n) is 4.68. The standard InChI is InChI=1S/C21H25ClN4O3/c1-21(2,3)29-20(28)25-17(13-9-10-13)18-24-15-8-6-7-14(22)16(15)19(27)26(18)12-5-4-11-23/h6-8,13,17H,4-5,9-10,12H2,1-3H3,(H,25,28)/t17-/m0/s1. The van der Waals surface area contributed by atoms with E-state index in [2.05, 4.69) is 11.4 Å². The van der Waals surface area contributed by atoms with E-state index in [0.717, 1.165) is 12.8 Å². The lowest BCUT2D eigenvalue weighted by atomic mass is 10.1. The number of halogens is 1. The number of benzene rings is 1. The second-order valence-corrected chi connectivity index (χ2v) is 8.69. The van der Waals surface area contributed by atoms with E-state index in [-0.39, 0.29) is 11.5 Å². The van der Waals surface area contributed by atoms with E-state index in [9.17, 15) is 9.59 Å². The molecule has 7 nitrogen and oxygen atoms in total. The summed E-state index contributed by atoms with van der Waals surface area (Å²) in [5, 5.41) is 12.5. The smallest absolute Gasteiger partial charge is 0.408 e. The van der Waals surface area contributed by atoms with Crippen LogP contribution < -0.4 is 10.9 Å². The summed E-state index contributed by atoms with van der Waals surface area (Å²) in [5.41, 5.74) is -0.398. The van der Waals surface area contributed by atoms with Crippen LogP contribution in [0.4, 0.5) is 4.79 Å². The van der Waals surface area contributed by atoms with Crippen LogP contribution in [0.1, 0.15) is 58.3 Å². The molecule has 0 radical (unpaired) electrons. The Morgan fingerprint density at radius 2 is 2.17 bits per heavy atom. The van der Waals surface area contributed by atoms with Gasteiger partial charge in [-0.3, -0.25) is 9.36 Å². The van der Waals surface area contributed by atoms with Gasteiger partial charge in [-0.15, -0.1) is 0 Å². The van der Waals surface area contributed by atoms with Crippen molar-refractivity contribution in [3.8, 4) is 6.07 Å². The number of hydrogen-bond donors (Lipinski definition) is 1. The first kappa shape index (κ1) is 21.1. The minimum absolute atomic E-state index is 0.188. The number of alkyl carbamates (subject to hydrolysis) is 1. The summed E-state index contributed by atoms with van der Waals surface area (Å²) in [6, 6.07) is 6.79. The molecule has 1 amide bonds. The van der Waals surface area contributed by atoms with Crippen LogP contribution in [0.2, 0.25) is 5.02 Å². The Hall–Kier alpha value is -2.59. The van der Waals surface area contributed by atoms with Gasteiger partial charge >= 0.3 is 6.09 Å². The van der Waals surface area contributed by atoms with E-state index in [1.54, 1.807) is 43.5 Å². The van der Waals surface area contributed by atoms with Gasteiger partial charge in [0.05, 0.1) is 28.0 Å². The van der Waals surface area contributed by atoms with Crippen molar-refractivity contribution < 1.29 is 9.53 Å². The van der Waals surface area contributed by atoms with Crippen LogP contribution in [-0.4, -0.2) is 21.2 Å². The van der Waals surface area contributed by atoms with E-state index < -0.39 is 17.7 Å². The highest BCUT2D eigenvalue weighted by molar-refractivity contribution is 6.35. The van der Waals surface area contributed by atoms with E-state index in [1.807, 2.05) is 0 Å². The fraction of sp³-hybridized carbons (Fsp3) is 0.524. The van der Waals surface area contributed by atoms with Crippen molar-refractivity contribution in [2.75, 3.05) is 0 Å². The van der Waals surface area contributed by atoms with Gasteiger partial charge in [0.2, 0.25) is 0 Å². The maximum absolute atomic E-state index is 13.2. The maximum Gasteiger partial charge on any atom is 0.408 e. The quantitative estimate of drug-likeness (QED) is 0.707. The van der Waals surface area contributed by atoms with Crippen molar-refractivity contribution in [3.05, 3.63) is 39.4 Å². The molecule has 154 valence electrons. The van der Waals surface area contributed by atoms with Gasteiger partial charge < -0.3 is 10.1 Å². The first-order chi connectivity index (χ1) is 13.7. The third kappa shape index (κ3) is 5.07. The summed E-state index contributed by atoms with van der Waals surface area (Å²) >= 11 is 6.26. The predicted molar refractivity (Wildman–Crippen MR) is 111 cm³/mol. The highest BCUT2D eigenvalue weighted by Crippen LogP contribution is 2.40. The normalized spacial score (nSPS) is 15.0. The van der Waals surface area contributed by atoms with Gasteiger partial charge in [0, 0.05) is 13.0 Å². The zero-order chi connectivity index (χ0) is 21.2. The average Bonchev–Trinajstić information content (AvgIpc) is 3.45. The summed E-state index contributed by atoms with van der Waals surface area (Å²) in [4.78, 5) is 30.4. The van der Waals surface area contributed by atoms with Crippen LogP contribution in [0.5, 0.6) is 0 Å². The molecule has 0 saturated heterocycles. The van der Waals surface area contributed by atoms with E-state index in [0.29, 0.717) is 41.1 Å². The molecule has 0 spiro atoms. The van der Waals surface area contributed by atoms with Gasteiger partial charge in [-0.1, -0.05) is 17.7 Å². The third-order valence-corrected chi connectivity index (χ3v) is 4.99. The Bertz CT molecular complexity index is 1020. The van der Waals surface area contributed by atoms with Crippen molar-refractivity contribution in [3.63, 3.8) is 0 Å². The average molecular weight is 417 g/mol. The Morgan fingerprint density at radius 1 is 1.45 bits per heavy atom. The topological polar surface area (TPSA) is 97.0 Å². The molecule has 2 aromatic rings. The molecule has 0 aliphatic heterocycles. The molecule has 1 aliphatic rings. The zero-order valence-electron chi connectivity index (χ0n) is 16.9. The molecule has 0 unspecified atom stereocenters. The lowest BCUT2D eigenvalue weighted by molar-refractivity contribution is 0.0493. The zero-order valence-corrected chi connectivity index (χ0v) is 17.6. The maximum atomic E-state index is 13.2. The minimum atomic E-state index is -0.630. The molecule has 1 fully saturated rings. The number of nitrogens with one attached hydrogen (secondary N) is 1. The van der Waals surface area contributed by atoms with E-state index in [4.69, 9.17) is 26.6 Å². The number of aromatic nitrogens is 2. The predicted octanol–water partition coefficient (Wildman–Crippen LogP) is 4.33. The molecular formula is C21H25ClN4O3. The molecule has 1 N–H and O–H groups in total. The van der Waals surface area contributed by atoms with E-state index >= 15 is 0 Å². The van der Waals surface area contributed by atoms with Crippen LogP contribution >= 0.6 is 11.6 Å². The Morgan fingerprint density at radius 3 is 2.79 bits per heavy atom.